The van der Waals surface area contributed by atoms with Gasteiger partial charge in [-0.25, -0.2) is 19.7 Å². The van der Waals surface area contributed by atoms with E-state index in [9.17, 15) is 27.9 Å². The first-order valence-electron chi connectivity index (χ1n) is 12.9. The number of halogens is 3. The van der Waals surface area contributed by atoms with Crippen LogP contribution in [0.1, 0.15) is 17.7 Å². The SMILES string of the molecule is COc1nc2ccccc2cc1-c1cnc(C2CN(C(=O)O)CCN2C(=O)Cn2c(C(F)(F)F)nc3ccccc32)[nH]1. The van der Waals surface area contributed by atoms with Crippen LogP contribution in [0.3, 0.4) is 0 Å². The maximum atomic E-state index is 13.9. The average Bonchev–Trinajstić information content (AvgIpc) is 3.62. The third-order valence-electron chi connectivity index (χ3n) is 7.26. The first-order valence-corrected chi connectivity index (χ1v) is 12.9. The lowest BCUT2D eigenvalue weighted by Gasteiger charge is -2.39. The third kappa shape index (κ3) is 4.84. The highest BCUT2D eigenvalue weighted by atomic mass is 19.4. The summed E-state index contributed by atoms with van der Waals surface area (Å²) in [5.74, 6) is -1.22. The van der Waals surface area contributed by atoms with Gasteiger partial charge in [-0.1, -0.05) is 30.3 Å². The molecule has 4 heterocycles. The molecule has 0 aliphatic carbocycles. The minimum atomic E-state index is -4.79. The molecular formula is C28H24F3N7O4. The highest BCUT2D eigenvalue weighted by molar-refractivity contribution is 5.85. The number of nitrogens with zero attached hydrogens (tertiary/aromatic N) is 6. The highest BCUT2D eigenvalue weighted by Gasteiger charge is 2.40. The van der Waals surface area contributed by atoms with E-state index in [0.717, 1.165) is 20.4 Å². The van der Waals surface area contributed by atoms with Gasteiger partial charge in [-0.3, -0.25) is 4.79 Å². The number of H-pyrrole nitrogens is 1. The van der Waals surface area contributed by atoms with E-state index in [1.54, 1.807) is 12.1 Å². The summed E-state index contributed by atoms with van der Waals surface area (Å²) in [5, 5.41) is 10.5. The second kappa shape index (κ2) is 10.4. The zero-order chi connectivity index (χ0) is 29.6. The van der Waals surface area contributed by atoms with E-state index in [4.69, 9.17) is 4.74 Å². The van der Waals surface area contributed by atoms with Gasteiger partial charge in [0.2, 0.25) is 17.6 Å². The van der Waals surface area contributed by atoms with Gasteiger partial charge in [0.1, 0.15) is 18.4 Å². The Balaban J connectivity index is 1.36. The van der Waals surface area contributed by atoms with Crippen molar-refractivity contribution in [2.24, 2.45) is 0 Å². The zero-order valence-electron chi connectivity index (χ0n) is 22.2. The molecule has 1 aliphatic rings. The molecule has 6 rings (SSSR count). The summed E-state index contributed by atoms with van der Waals surface area (Å²) in [6.07, 6.45) is -4.44. The van der Waals surface area contributed by atoms with Crippen molar-refractivity contribution in [1.82, 2.24) is 34.3 Å². The largest absolute Gasteiger partial charge is 0.480 e. The van der Waals surface area contributed by atoms with Gasteiger partial charge < -0.3 is 29.2 Å². The number of hydrogen-bond acceptors (Lipinski definition) is 6. The van der Waals surface area contributed by atoms with E-state index in [0.29, 0.717) is 17.1 Å². The molecule has 1 aliphatic heterocycles. The number of para-hydroxylation sites is 3. The van der Waals surface area contributed by atoms with E-state index >= 15 is 0 Å². The van der Waals surface area contributed by atoms with Gasteiger partial charge in [0.15, 0.2) is 0 Å². The van der Waals surface area contributed by atoms with Gasteiger partial charge in [-0.15, -0.1) is 0 Å². The number of fused-ring (bicyclic) bond motifs is 2. The standard InChI is InChI=1S/C28H24F3N7O4/c1-42-25-17(12-16-6-2-3-7-18(16)34-25)20-13-32-24(33-20)22-14-36(27(40)41)10-11-37(22)23(39)15-38-21-9-5-4-8-19(21)35-26(38)28(29,30)31/h2-9,12-13,22H,10-11,14-15H2,1H3,(H,32,33)(H,40,41). The molecule has 0 spiro atoms. The van der Waals surface area contributed by atoms with Crippen molar-refractivity contribution < 1.29 is 32.6 Å². The fourth-order valence-electron chi connectivity index (χ4n) is 5.26. The van der Waals surface area contributed by atoms with Crippen LogP contribution in [0.25, 0.3) is 33.2 Å². The molecule has 14 heteroatoms. The maximum absolute atomic E-state index is 13.9. The Morgan fingerprint density at radius 1 is 1.07 bits per heavy atom. The number of amides is 2. The first kappa shape index (κ1) is 27.1. The number of carbonyl (C=O) groups excluding carboxylic acids is 1. The quantitative estimate of drug-likeness (QED) is 0.312. The van der Waals surface area contributed by atoms with Gasteiger partial charge in [-0.2, -0.15) is 13.2 Å². The number of carbonyl (C=O) groups is 2. The molecule has 1 saturated heterocycles. The fourth-order valence-corrected chi connectivity index (χ4v) is 5.26. The van der Waals surface area contributed by atoms with Crippen LogP contribution in [-0.2, 0) is 17.5 Å². The predicted molar refractivity (Wildman–Crippen MR) is 145 cm³/mol. The molecule has 1 unspecified atom stereocenters. The lowest BCUT2D eigenvalue weighted by Crippen LogP contribution is -2.53. The molecular weight excluding hydrogens is 555 g/mol. The summed E-state index contributed by atoms with van der Waals surface area (Å²) >= 11 is 0. The van der Waals surface area contributed by atoms with Crippen LogP contribution in [0.4, 0.5) is 18.0 Å². The number of ether oxygens (including phenoxy) is 1. The van der Waals surface area contributed by atoms with Gasteiger partial charge in [0, 0.05) is 18.5 Å². The van der Waals surface area contributed by atoms with Crippen molar-refractivity contribution in [3.8, 4) is 17.1 Å². The third-order valence-corrected chi connectivity index (χ3v) is 7.26. The number of aromatic nitrogens is 5. The van der Waals surface area contributed by atoms with Crippen molar-refractivity contribution in [2.75, 3.05) is 26.7 Å². The van der Waals surface area contributed by atoms with Crippen LogP contribution in [0.5, 0.6) is 5.88 Å². The molecule has 216 valence electrons. The fraction of sp³-hybridized carbons (Fsp3) is 0.250. The molecule has 3 aromatic heterocycles. The second-order valence-corrected chi connectivity index (χ2v) is 9.76. The lowest BCUT2D eigenvalue weighted by molar-refractivity contribution is -0.148. The molecule has 0 bridgehead atoms. The summed E-state index contributed by atoms with van der Waals surface area (Å²) in [4.78, 5) is 43.8. The van der Waals surface area contributed by atoms with Crippen LogP contribution in [0, 0.1) is 0 Å². The molecule has 2 amide bonds. The number of carboxylic acid groups (broad SMARTS) is 1. The maximum Gasteiger partial charge on any atom is 0.449 e. The van der Waals surface area contributed by atoms with Crippen LogP contribution in [0.2, 0.25) is 0 Å². The van der Waals surface area contributed by atoms with E-state index in [2.05, 4.69) is 19.9 Å². The Kier molecular flexibility index (Phi) is 6.67. The van der Waals surface area contributed by atoms with Crippen molar-refractivity contribution in [3.05, 3.63) is 72.4 Å². The van der Waals surface area contributed by atoms with E-state index in [1.165, 1.54) is 30.3 Å². The molecule has 2 aromatic carbocycles. The molecule has 42 heavy (non-hydrogen) atoms. The number of nitrogens with one attached hydrogen (secondary N) is 1. The summed E-state index contributed by atoms with van der Waals surface area (Å²) in [7, 11) is 1.49. The van der Waals surface area contributed by atoms with E-state index < -0.39 is 36.6 Å². The predicted octanol–water partition coefficient (Wildman–Crippen LogP) is 4.57. The van der Waals surface area contributed by atoms with Crippen LogP contribution >= 0.6 is 0 Å². The van der Waals surface area contributed by atoms with Gasteiger partial charge in [-0.05, 0) is 24.3 Å². The molecule has 1 fully saturated rings. The topological polar surface area (TPSA) is 129 Å². The number of piperazine rings is 1. The number of hydrogen-bond donors (Lipinski definition) is 2. The molecule has 1 atom stereocenters. The molecule has 0 saturated carbocycles. The van der Waals surface area contributed by atoms with Gasteiger partial charge in [0.05, 0.1) is 47.7 Å². The van der Waals surface area contributed by atoms with Crippen molar-refractivity contribution in [3.63, 3.8) is 0 Å². The number of pyridine rings is 1. The van der Waals surface area contributed by atoms with Gasteiger partial charge in [0.25, 0.3) is 0 Å². The summed E-state index contributed by atoms with van der Waals surface area (Å²) in [6.45, 7) is -0.822. The van der Waals surface area contributed by atoms with Crippen molar-refractivity contribution >= 4 is 33.9 Å². The number of benzene rings is 2. The van der Waals surface area contributed by atoms with Crippen molar-refractivity contribution in [2.45, 2.75) is 18.8 Å². The lowest BCUT2D eigenvalue weighted by atomic mass is 10.1. The van der Waals surface area contributed by atoms with Crippen molar-refractivity contribution in [1.29, 1.82) is 0 Å². The molecule has 2 N–H and O–H groups in total. The van der Waals surface area contributed by atoms with E-state index in [-0.39, 0.29) is 36.5 Å². The number of aromatic amines is 1. The summed E-state index contributed by atoms with van der Waals surface area (Å²) in [5.41, 5.74) is 2.11. The Labute approximate surface area is 236 Å². The minimum Gasteiger partial charge on any atom is -0.480 e. The van der Waals surface area contributed by atoms with Crippen LogP contribution < -0.4 is 4.74 Å². The molecule has 0 radical (unpaired) electrons. The van der Waals surface area contributed by atoms with Crippen LogP contribution in [0.15, 0.2) is 60.8 Å². The number of alkyl halides is 3. The highest BCUT2D eigenvalue weighted by Crippen LogP contribution is 2.34. The van der Waals surface area contributed by atoms with E-state index in [1.807, 2.05) is 30.3 Å². The Hall–Kier alpha value is -5.14. The number of rotatable bonds is 5. The van der Waals surface area contributed by atoms with Gasteiger partial charge >= 0.3 is 12.3 Å². The average molecular weight is 580 g/mol. The first-order chi connectivity index (χ1) is 20.1. The molecule has 5 aromatic rings. The summed E-state index contributed by atoms with van der Waals surface area (Å²) < 4.78 is 48.0. The van der Waals surface area contributed by atoms with Crippen LogP contribution in [-0.4, -0.2) is 78.2 Å². The Bertz CT molecular complexity index is 1820. The zero-order valence-corrected chi connectivity index (χ0v) is 22.2. The molecule has 11 nitrogen and oxygen atoms in total. The monoisotopic (exact) mass is 579 g/mol. The normalized spacial score (nSPS) is 15.9. The number of methoxy groups -OCH3 is 1. The number of imidazole rings is 2. The Morgan fingerprint density at radius 3 is 2.55 bits per heavy atom. The summed E-state index contributed by atoms with van der Waals surface area (Å²) in [6, 6.07) is 14.5. The Morgan fingerprint density at radius 2 is 1.81 bits per heavy atom. The minimum absolute atomic E-state index is 0.00956. The second-order valence-electron chi connectivity index (χ2n) is 9.76. The smallest absolute Gasteiger partial charge is 0.449 e.